The second-order valence-corrected chi connectivity index (χ2v) is 5.01. The first-order chi connectivity index (χ1) is 9.51. The predicted octanol–water partition coefficient (Wildman–Crippen LogP) is 2.75. The van der Waals surface area contributed by atoms with Gasteiger partial charge in [0.25, 0.3) is 0 Å². The number of halogens is 1. The van der Waals surface area contributed by atoms with Gasteiger partial charge in [-0.15, -0.1) is 0 Å². The van der Waals surface area contributed by atoms with Crippen LogP contribution in [0.3, 0.4) is 0 Å². The lowest BCUT2D eigenvalue weighted by molar-refractivity contribution is 0.100. The molecule has 0 aliphatic rings. The number of nitrogens with one attached hydrogen (secondary N) is 1. The summed E-state index contributed by atoms with van der Waals surface area (Å²) in [4.78, 5) is 11.2. The molecular formula is C14H11BrN4O. The van der Waals surface area contributed by atoms with Gasteiger partial charge in [0.2, 0.25) is 5.91 Å². The van der Waals surface area contributed by atoms with Crippen molar-refractivity contribution in [2.45, 2.75) is 0 Å². The van der Waals surface area contributed by atoms with Crippen LogP contribution in [0.4, 0.5) is 17.1 Å². The van der Waals surface area contributed by atoms with Crippen molar-refractivity contribution in [3.8, 4) is 6.07 Å². The molecule has 0 heterocycles. The SMILES string of the molecule is N#Cc1ccc(Br)cc1Nc1cc(C(N)=O)ccc1N. The molecule has 5 N–H and O–H groups in total. The van der Waals surface area contributed by atoms with E-state index in [1.807, 2.05) is 0 Å². The van der Waals surface area contributed by atoms with E-state index in [2.05, 4.69) is 27.3 Å². The van der Waals surface area contributed by atoms with E-state index in [1.54, 1.807) is 36.4 Å². The van der Waals surface area contributed by atoms with Gasteiger partial charge < -0.3 is 16.8 Å². The van der Waals surface area contributed by atoms with Crippen LogP contribution in [0, 0.1) is 11.3 Å². The van der Waals surface area contributed by atoms with Gasteiger partial charge >= 0.3 is 0 Å². The average molecular weight is 331 g/mol. The summed E-state index contributed by atoms with van der Waals surface area (Å²) < 4.78 is 0.823. The minimum absolute atomic E-state index is 0.343. The summed E-state index contributed by atoms with van der Waals surface area (Å²) in [6, 6.07) is 12.0. The number of nitrogen functional groups attached to an aromatic ring is 1. The standard InChI is InChI=1S/C14H11BrN4O/c15-10-3-1-9(7-16)12(6-10)19-13-5-8(14(18)20)2-4-11(13)17/h1-6,19H,17H2,(H2,18,20). The third kappa shape index (κ3) is 2.90. The molecule has 0 saturated carbocycles. The van der Waals surface area contributed by atoms with E-state index in [9.17, 15) is 4.79 Å². The quantitative estimate of drug-likeness (QED) is 0.752. The Bertz CT molecular complexity index is 722. The van der Waals surface area contributed by atoms with E-state index in [0.717, 1.165) is 4.47 Å². The molecule has 0 saturated heterocycles. The summed E-state index contributed by atoms with van der Waals surface area (Å²) in [5, 5.41) is 12.1. The number of carbonyl (C=O) groups excluding carboxylic acids is 1. The number of rotatable bonds is 3. The van der Waals surface area contributed by atoms with Crippen LogP contribution in [0.15, 0.2) is 40.9 Å². The molecule has 0 fully saturated rings. The third-order valence-electron chi connectivity index (χ3n) is 2.71. The number of amides is 1. The molecule has 2 rings (SSSR count). The van der Waals surface area contributed by atoms with Gasteiger partial charge in [0.05, 0.1) is 22.6 Å². The van der Waals surface area contributed by atoms with Gasteiger partial charge in [0.15, 0.2) is 0 Å². The number of benzene rings is 2. The van der Waals surface area contributed by atoms with Crippen molar-refractivity contribution < 1.29 is 4.79 Å². The van der Waals surface area contributed by atoms with Crippen LogP contribution in [-0.4, -0.2) is 5.91 Å². The number of primary amides is 1. The Kier molecular flexibility index (Phi) is 3.91. The molecule has 0 bridgehead atoms. The zero-order chi connectivity index (χ0) is 14.7. The molecule has 2 aromatic carbocycles. The summed E-state index contributed by atoms with van der Waals surface area (Å²) in [5.74, 6) is -0.539. The maximum Gasteiger partial charge on any atom is 0.248 e. The van der Waals surface area contributed by atoms with Crippen molar-refractivity contribution in [1.82, 2.24) is 0 Å². The molecule has 0 aliphatic carbocycles. The van der Waals surface area contributed by atoms with Crippen molar-refractivity contribution >= 4 is 38.9 Å². The van der Waals surface area contributed by atoms with Crippen LogP contribution in [0.25, 0.3) is 0 Å². The highest BCUT2D eigenvalue weighted by molar-refractivity contribution is 9.10. The molecular weight excluding hydrogens is 320 g/mol. The minimum Gasteiger partial charge on any atom is -0.397 e. The molecule has 0 radical (unpaired) electrons. The van der Waals surface area contributed by atoms with E-state index in [4.69, 9.17) is 16.7 Å². The highest BCUT2D eigenvalue weighted by atomic mass is 79.9. The summed E-state index contributed by atoms with van der Waals surface area (Å²) in [6.45, 7) is 0. The van der Waals surface area contributed by atoms with Gasteiger partial charge in [-0.2, -0.15) is 5.26 Å². The summed E-state index contributed by atoms with van der Waals surface area (Å²) in [7, 11) is 0. The number of nitriles is 1. The first kappa shape index (κ1) is 13.9. The zero-order valence-electron chi connectivity index (χ0n) is 10.4. The Labute approximate surface area is 124 Å². The van der Waals surface area contributed by atoms with Crippen LogP contribution < -0.4 is 16.8 Å². The molecule has 0 unspecified atom stereocenters. The fourth-order valence-corrected chi connectivity index (χ4v) is 2.04. The summed E-state index contributed by atoms with van der Waals surface area (Å²) >= 11 is 3.34. The second kappa shape index (κ2) is 5.63. The van der Waals surface area contributed by atoms with Crippen molar-refractivity contribution in [3.63, 3.8) is 0 Å². The van der Waals surface area contributed by atoms with Gasteiger partial charge in [-0.25, -0.2) is 0 Å². The van der Waals surface area contributed by atoms with E-state index >= 15 is 0 Å². The lowest BCUT2D eigenvalue weighted by Crippen LogP contribution is -2.11. The first-order valence-corrected chi connectivity index (χ1v) is 6.46. The normalized spacial score (nSPS) is 9.80. The second-order valence-electron chi connectivity index (χ2n) is 4.09. The zero-order valence-corrected chi connectivity index (χ0v) is 11.9. The fraction of sp³-hybridized carbons (Fsp3) is 0. The maximum absolute atomic E-state index is 11.2. The molecule has 6 heteroatoms. The van der Waals surface area contributed by atoms with Gasteiger partial charge in [-0.1, -0.05) is 15.9 Å². The Hall–Kier alpha value is -2.52. The summed E-state index contributed by atoms with van der Waals surface area (Å²) in [5.41, 5.74) is 13.5. The van der Waals surface area contributed by atoms with Crippen molar-refractivity contribution in [2.75, 3.05) is 11.1 Å². The molecule has 0 aliphatic heterocycles. The Morgan fingerprint density at radius 1 is 1.20 bits per heavy atom. The fourth-order valence-electron chi connectivity index (χ4n) is 1.68. The smallest absolute Gasteiger partial charge is 0.248 e. The van der Waals surface area contributed by atoms with Crippen molar-refractivity contribution in [1.29, 1.82) is 5.26 Å². The molecule has 100 valence electrons. The molecule has 1 amide bonds. The number of nitrogens with zero attached hydrogens (tertiary/aromatic N) is 1. The average Bonchev–Trinajstić information content (AvgIpc) is 2.41. The van der Waals surface area contributed by atoms with Crippen molar-refractivity contribution in [2.24, 2.45) is 5.73 Å². The lowest BCUT2D eigenvalue weighted by atomic mass is 10.1. The van der Waals surface area contributed by atoms with Crippen molar-refractivity contribution in [3.05, 3.63) is 52.0 Å². The number of carbonyl (C=O) groups is 1. The summed E-state index contributed by atoms with van der Waals surface area (Å²) in [6.07, 6.45) is 0. The predicted molar refractivity (Wildman–Crippen MR) is 81.5 cm³/mol. The van der Waals surface area contributed by atoms with Gasteiger partial charge in [-0.3, -0.25) is 4.79 Å². The lowest BCUT2D eigenvalue weighted by Gasteiger charge is -2.12. The molecule has 0 atom stereocenters. The Balaban J connectivity index is 2.44. The van der Waals surface area contributed by atoms with E-state index < -0.39 is 5.91 Å². The number of hydrogen-bond acceptors (Lipinski definition) is 4. The number of hydrogen-bond donors (Lipinski definition) is 3. The van der Waals surface area contributed by atoms with Gasteiger partial charge in [0, 0.05) is 10.0 Å². The molecule has 0 aromatic heterocycles. The van der Waals surface area contributed by atoms with E-state index in [-0.39, 0.29) is 0 Å². The van der Waals surface area contributed by atoms with Crippen LogP contribution >= 0.6 is 15.9 Å². The van der Waals surface area contributed by atoms with Crippen LogP contribution in [-0.2, 0) is 0 Å². The minimum atomic E-state index is -0.539. The van der Waals surface area contributed by atoms with E-state index in [1.165, 1.54) is 0 Å². The largest absolute Gasteiger partial charge is 0.397 e. The molecule has 2 aromatic rings. The van der Waals surface area contributed by atoms with E-state index in [0.29, 0.717) is 28.2 Å². The molecule has 0 spiro atoms. The Morgan fingerprint density at radius 3 is 2.60 bits per heavy atom. The first-order valence-electron chi connectivity index (χ1n) is 5.67. The highest BCUT2D eigenvalue weighted by Gasteiger charge is 2.08. The third-order valence-corrected chi connectivity index (χ3v) is 3.20. The topological polar surface area (TPSA) is 105 Å². The number of anilines is 3. The van der Waals surface area contributed by atoms with Gasteiger partial charge in [-0.05, 0) is 36.4 Å². The van der Waals surface area contributed by atoms with Crippen LogP contribution in [0.5, 0.6) is 0 Å². The molecule has 5 nitrogen and oxygen atoms in total. The molecule has 20 heavy (non-hydrogen) atoms. The van der Waals surface area contributed by atoms with Crippen LogP contribution in [0.2, 0.25) is 0 Å². The maximum atomic E-state index is 11.2. The van der Waals surface area contributed by atoms with Crippen LogP contribution in [0.1, 0.15) is 15.9 Å². The monoisotopic (exact) mass is 330 g/mol. The number of nitrogens with two attached hydrogens (primary N) is 2. The van der Waals surface area contributed by atoms with Gasteiger partial charge in [0.1, 0.15) is 6.07 Å². The highest BCUT2D eigenvalue weighted by Crippen LogP contribution is 2.28. The Morgan fingerprint density at radius 2 is 1.95 bits per heavy atom.